The van der Waals surface area contributed by atoms with Gasteiger partial charge in [-0.1, -0.05) is 29.3 Å². The number of hydroxylamine groups is 1. The van der Waals surface area contributed by atoms with E-state index in [2.05, 4.69) is 10.8 Å². The monoisotopic (exact) mass is 502 g/mol. The number of hydrogen-bond acceptors (Lipinski definition) is 4. The van der Waals surface area contributed by atoms with E-state index in [9.17, 15) is 18.0 Å². The first-order valence-electron chi connectivity index (χ1n) is 9.64. The van der Waals surface area contributed by atoms with Crippen LogP contribution in [0.2, 0.25) is 10.0 Å². The number of thioether (sulfide) groups is 1. The molecular weight excluding hydrogens is 484 g/mol. The van der Waals surface area contributed by atoms with Gasteiger partial charge in [0.1, 0.15) is 0 Å². The van der Waals surface area contributed by atoms with Crippen molar-refractivity contribution in [3.63, 3.8) is 0 Å². The summed E-state index contributed by atoms with van der Waals surface area (Å²) < 4.78 is 42.4. The van der Waals surface area contributed by atoms with E-state index in [0.717, 1.165) is 17.6 Å². The van der Waals surface area contributed by atoms with Crippen LogP contribution in [0.3, 0.4) is 0 Å². The smallest absolute Gasteiger partial charge is 0.345 e. The zero-order chi connectivity index (χ0) is 23.3. The molecule has 1 saturated heterocycles. The first kappa shape index (κ1) is 23.3. The summed E-state index contributed by atoms with van der Waals surface area (Å²) in [6.45, 7) is 3.72. The molecule has 2 aromatic carbocycles. The lowest BCUT2D eigenvalue weighted by molar-refractivity contribution is -0.269. The minimum Gasteiger partial charge on any atom is -0.345 e. The Morgan fingerprint density at radius 1 is 1.16 bits per heavy atom. The average Bonchev–Trinajstić information content (AvgIpc) is 3.12. The van der Waals surface area contributed by atoms with E-state index in [4.69, 9.17) is 28.0 Å². The molecule has 0 spiro atoms. The number of aryl methyl sites for hydroxylation is 1. The summed E-state index contributed by atoms with van der Waals surface area (Å²) >= 11 is 13.6. The number of carbonyl (C=O) groups excluding carboxylic acids is 1. The molecule has 1 atom stereocenters. The molecule has 0 aliphatic carbocycles. The second kappa shape index (κ2) is 8.17. The van der Waals surface area contributed by atoms with Crippen molar-refractivity contribution in [3.05, 3.63) is 74.8 Å². The molecule has 170 valence electrons. The molecule has 0 aromatic heterocycles. The van der Waals surface area contributed by atoms with E-state index in [1.165, 1.54) is 18.2 Å². The van der Waals surface area contributed by atoms with E-state index in [1.54, 1.807) is 36.9 Å². The first-order valence-corrected chi connectivity index (χ1v) is 11.5. The maximum Gasteiger partial charge on any atom is 0.428 e. The highest BCUT2D eigenvalue weighted by Gasteiger charge is 2.59. The van der Waals surface area contributed by atoms with Crippen molar-refractivity contribution in [2.75, 3.05) is 11.5 Å². The van der Waals surface area contributed by atoms with Crippen LogP contribution in [0.1, 0.15) is 34.0 Å². The Morgan fingerprint density at radius 3 is 2.34 bits per heavy atom. The minimum atomic E-state index is -4.79. The number of carbonyl (C=O) groups is 1. The average molecular weight is 503 g/mol. The normalized spacial score (nSPS) is 22.0. The second-order valence-corrected chi connectivity index (χ2v) is 10.0. The molecule has 2 N–H and O–H groups in total. The fraction of sp³-hybridized carbons (Fsp3) is 0.318. The number of nitrogens with one attached hydrogen (secondary N) is 2. The van der Waals surface area contributed by atoms with Gasteiger partial charge in [0.25, 0.3) is 5.91 Å². The Balaban J connectivity index is 1.68. The Hall–Kier alpha value is -1.87. The van der Waals surface area contributed by atoms with Gasteiger partial charge in [0.05, 0.1) is 11.2 Å². The molecule has 0 radical (unpaired) electrons. The van der Waals surface area contributed by atoms with Crippen LogP contribution in [0, 0.1) is 6.92 Å². The Morgan fingerprint density at radius 2 is 1.81 bits per heavy atom. The molecule has 32 heavy (non-hydrogen) atoms. The van der Waals surface area contributed by atoms with E-state index >= 15 is 0 Å². The largest absolute Gasteiger partial charge is 0.428 e. The van der Waals surface area contributed by atoms with Crippen LogP contribution >= 0.6 is 35.0 Å². The fourth-order valence-electron chi connectivity index (χ4n) is 3.66. The standard InChI is InChI=1S/C22H19Cl2F3N2O2S/c1-12-5-13(3-4-17(12)19(30)28-20(2)10-32-11-20)18-9-21(31-29-18,22(25,26)27)14-6-15(23)8-16(24)7-14/h3-9,29H,10-11H2,1-2H3,(H,28,30). The summed E-state index contributed by atoms with van der Waals surface area (Å²) in [6, 6.07) is 8.51. The van der Waals surface area contributed by atoms with Gasteiger partial charge in [-0.05, 0) is 61.4 Å². The lowest BCUT2D eigenvalue weighted by atomic mass is 9.91. The molecule has 1 amide bonds. The van der Waals surface area contributed by atoms with Gasteiger partial charge >= 0.3 is 6.18 Å². The maximum absolute atomic E-state index is 14.1. The van der Waals surface area contributed by atoms with Crippen molar-refractivity contribution in [2.24, 2.45) is 0 Å². The molecule has 2 aliphatic rings. The van der Waals surface area contributed by atoms with Gasteiger partial charge in [0.15, 0.2) is 0 Å². The van der Waals surface area contributed by atoms with E-state index in [-0.39, 0.29) is 32.8 Å². The van der Waals surface area contributed by atoms with Crippen LogP contribution in [0.5, 0.6) is 0 Å². The summed E-state index contributed by atoms with van der Waals surface area (Å²) in [5.74, 6) is 1.48. The van der Waals surface area contributed by atoms with Crippen molar-refractivity contribution in [1.82, 2.24) is 10.8 Å². The van der Waals surface area contributed by atoms with Crippen molar-refractivity contribution >= 4 is 46.6 Å². The van der Waals surface area contributed by atoms with Gasteiger partial charge < -0.3 is 5.32 Å². The van der Waals surface area contributed by atoms with Gasteiger partial charge in [-0.15, -0.1) is 0 Å². The summed E-state index contributed by atoms with van der Waals surface area (Å²) in [6.07, 6.45) is -3.84. The van der Waals surface area contributed by atoms with Crippen LogP contribution in [0.4, 0.5) is 13.2 Å². The van der Waals surface area contributed by atoms with Crippen LogP contribution in [-0.4, -0.2) is 29.1 Å². The van der Waals surface area contributed by atoms with Crippen molar-refractivity contribution in [1.29, 1.82) is 0 Å². The number of benzene rings is 2. The number of halogens is 5. The third-order valence-corrected chi connectivity index (χ3v) is 7.54. The number of amides is 1. The molecular formula is C22H19Cl2F3N2O2S. The Bertz CT molecular complexity index is 1100. The van der Waals surface area contributed by atoms with Crippen molar-refractivity contribution in [3.8, 4) is 0 Å². The predicted octanol–water partition coefficient (Wildman–Crippen LogP) is 5.87. The Labute approximate surface area is 197 Å². The predicted molar refractivity (Wildman–Crippen MR) is 121 cm³/mol. The maximum atomic E-state index is 14.1. The highest BCUT2D eigenvalue weighted by molar-refractivity contribution is 8.00. The first-order chi connectivity index (χ1) is 14.9. The fourth-order valence-corrected chi connectivity index (χ4v) is 5.15. The van der Waals surface area contributed by atoms with Gasteiger partial charge in [-0.2, -0.15) is 24.9 Å². The molecule has 0 saturated carbocycles. The topological polar surface area (TPSA) is 50.4 Å². The molecule has 4 nitrogen and oxygen atoms in total. The van der Waals surface area contributed by atoms with Gasteiger partial charge in [-0.25, -0.2) is 0 Å². The molecule has 4 rings (SSSR count). The number of alkyl halides is 3. The number of hydrogen-bond donors (Lipinski definition) is 2. The minimum absolute atomic E-state index is 0.0614. The van der Waals surface area contributed by atoms with Crippen molar-refractivity contribution in [2.45, 2.75) is 31.2 Å². The molecule has 0 bridgehead atoms. The third kappa shape index (κ3) is 4.21. The number of rotatable bonds is 4. The molecule has 10 heteroatoms. The zero-order valence-corrected chi connectivity index (χ0v) is 19.4. The van der Waals surface area contributed by atoms with Crippen LogP contribution in [0.25, 0.3) is 5.70 Å². The van der Waals surface area contributed by atoms with Gasteiger partial charge in [-0.3, -0.25) is 15.1 Å². The van der Waals surface area contributed by atoms with E-state index in [0.29, 0.717) is 16.7 Å². The van der Waals surface area contributed by atoms with Crippen LogP contribution < -0.4 is 10.8 Å². The molecule has 2 heterocycles. The van der Waals surface area contributed by atoms with E-state index < -0.39 is 11.8 Å². The lowest BCUT2D eigenvalue weighted by Gasteiger charge is -2.38. The van der Waals surface area contributed by atoms with Gasteiger partial charge in [0, 0.05) is 32.7 Å². The summed E-state index contributed by atoms with van der Waals surface area (Å²) in [4.78, 5) is 17.7. The summed E-state index contributed by atoms with van der Waals surface area (Å²) in [7, 11) is 0. The van der Waals surface area contributed by atoms with Gasteiger partial charge in [0.2, 0.25) is 5.60 Å². The zero-order valence-electron chi connectivity index (χ0n) is 17.1. The van der Waals surface area contributed by atoms with Crippen LogP contribution in [0.15, 0.2) is 42.5 Å². The lowest BCUT2D eigenvalue weighted by Crippen LogP contribution is -2.55. The SMILES string of the molecule is Cc1cc(C2=CC(c3cc(Cl)cc(Cl)c3)(C(F)(F)F)ON2)ccc1C(=O)NC1(C)CSC1. The molecule has 1 fully saturated rings. The summed E-state index contributed by atoms with van der Waals surface area (Å²) in [5, 5.41) is 3.14. The quantitative estimate of drug-likeness (QED) is 0.548. The second-order valence-electron chi connectivity index (χ2n) is 8.19. The van der Waals surface area contributed by atoms with Crippen LogP contribution in [-0.2, 0) is 10.4 Å². The Kier molecular flexibility index (Phi) is 5.94. The highest BCUT2D eigenvalue weighted by atomic mass is 35.5. The molecule has 1 unspecified atom stereocenters. The molecule has 2 aromatic rings. The highest BCUT2D eigenvalue weighted by Crippen LogP contribution is 2.48. The van der Waals surface area contributed by atoms with Crippen molar-refractivity contribution < 1.29 is 22.8 Å². The van der Waals surface area contributed by atoms with E-state index in [1.807, 2.05) is 6.92 Å². The summed E-state index contributed by atoms with van der Waals surface area (Å²) in [5.41, 5.74) is 0.814. The molecule has 2 aliphatic heterocycles. The third-order valence-electron chi connectivity index (χ3n) is 5.42.